The number of fused-ring (bicyclic) bond motifs is 1. The second-order valence-corrected chi connectivity index (χ2v) is 9.43. The molecule has 0 bridgehead atoms. The van der Waals surface area contributed by atoms with Gasteiger partial charge in [0.15, 0.2) is 0 Å². The number of allylic oxidation sites excluding steroid dienone is 1. The fourth-order valence-corrected chi connectivity index (χ4v) is 4.90. The lowest BCUT2D eigenvalue weighted by molar-refractivity contribution is 0.0939. The van der Waals surface area contributed by atoms with E-state index >= 15 is 0 Å². The number of carbonyl (C=O) groups is 1. The van der Waals surface area contributed by atoms with Crippen molar-refractivity contribution in [3.8, 4) is 0 Å². The molecule has 1 aliphatic carbocycles. The average Bonchev–Trinajstić information content (AvgIpc) is 3.14. The van der Waals surface area contributed by atoms with E-state index in [2.05, 4.69) is 47.1 Å². The lowest BCUT2D eigenvalue weighted by Gasteiger charge is -2.37. The van der Waals surface area contributed by atoms with Crippen molar-refractivity contribution in [2.45, 2.75) is 33.6 Å². The maximum atomic E-state index is 13.5. The quantitative estimate of drug-likeness (QED) is 0.377. The van der Waals surface area contributed by atoms with Gasteiger partial charge in [-0.3, -0.25) is 4.79 Å². The van der Waals surface area contributed by atoms with Gasteiger partial charge in [0.05, 0.1) is 11.0 Å². The van der Waals surface area contributed by atoms with Gasteiger partial charge in [-0.25, -0.2) is 14.4 Å². The minimum Gasteiger partial charge on any atom is -0.351 e. The van der Waals surface area contributed by atoms with Crippen LogP contribution in [0.1, 0.15) is 43.4 Å². The van der Waals surface area contributed by atoms with Gasteiger partial charge in [0.25, 0.3) is 5.91 Å². The largest absolute Gasteiger partial charge is 0.351 e. The molecule has 2 aromatic heterocycles. The van der Waals surface area contributed by atoms with Gasteiger partial charge >= 0.3 is 0 Å². The summed E-state index contributed by atoms with van der Waals surface area (Å²) in [5.41, 5.74) is 3.34. The molecule has 0 saturated heterocycles. The first-order valence-electron chi connectivity index (χ1n) is 11.0. The van der Waals surface area contributed by atoms with Crippen molar-refractivity contribution >= 4 is 28.5 Å². The van der Waals surface area contributed by atoms with Gasteiger partial charge in [-0.05, 0) is 67.3 Å². The standard InChI is InChI=1S/C25H28ClFN4O/c1-14(2)20-9-17(11-24-30-21-5-4-19(27)12-22(21)31-24)15(3)8-18(20)13-29-25(32)16-6-7-28-23(26)10-16/h4-8,10,12,14,17-18,20H,9,11,13H2,1-3H3,(H,29,32)(H,30,31)/t17-,18-,20-/m0/s1. The van der Waals surface area contributed by atoms with E-state index in [1.165, 1.54) is 23.9 Å². The number of aromatic amines is 1. The van der Waals surface area contributed by atoms with Crippen molar-refractivity contribution in [2.24, 2.45) is 23.7 Å². The normalized spacial score (nSPS) is 21.1. The van der Waals surface area contributed by atoms with Crippen LogP contribution in [0.15, 0.2) is 48.2 Å². The number of benzene rings is 1. The Morgan fingerprint density at radius 2 is 2.12 bits per heavy atom. The molecule has 0 saturated carbocycles. The lowest BCUT2D eigenvalue weighted by atomic mass is 9.69. The Morgan fingerprint density at radius 1 is 1.31 bits per heavy atom. The Labute approximate surface area is 192 Å². The summed E-state index contributed by atoms with van der Waals surface area (Å²) in [6.07, 6.45) is 5.65. The second kappa shape index (κ2) is 9.41. The molecule has 7 heteroatoms. The zero-order chi connectivity index (χ0) is 22.8. The molecule has 2 N–H and O–H groups in total. The molecule has 3 aromatic rings. The third-order valence-corrected chi connectivity index (χ3v) is 6.71. The molecule has 5 nitrogen and oxygen atoms in total. The molecule has 0 fully saturated rings. The maximum Gasteiger partial charge on any atom is 0.251 e. The smallest absolute Gasteiger partial charge is 0.251 e. The van der Waals surface area contributed by atoms with Gasteiger partial charge in [-0.2, -0.15) is 0 Å². The number of aromatic nitrogens is 3. The third kappa shape index (κ3) is 5.01. The first kappa shape index (κ1) is 22.5. The molecular formula is C25H28ClFN4O. The van der Waals surface area contributed by atoms with Crippen LogP contribution in [0, 0.1) is 29.5 Å². The lowest BCUT2D eigenvalue weighted by Crippen LogP contribution is -2.37. The molecule has 3 atom stereocenters. The van der Waals surface area contributed by atoms with E-state index in [1.54, 1.807) is 18.2 Å². The van der Waals surface area contributed by atoms with Crippen molar-refractivity contribution < 1.29 is 9.18 Å². The van der Waals surface area contributed by atoms with Crippen LogP contribution in [0.2, 0.25) is 5.15 Å². The van der Waals surface area contributed by atoms with E-state index in [4.69, 9.17) is 11.6 Å². The zero-order valence-electron chi connectivity index (χ0n) is 18.5. The highest BCUT2D eigenvalue weighted by molar-refractivity contribution is 6.29. The summed E-state index contributed by atoms with van der Waals surface area (Å²) in [5.74, 6) is 2.01. The molecule has 0 radical (unpaired) electrons. The van der Waals surface area contributed by atoms with Crippen molar-refractivity contribution in [3.05, 3.63) is 70.5 Å². The number of carbonyl (C=O) groups excluding carboxylic acids is 1. The molecular weight excluding hydrogens is 427 g/mol. The Balaban J connectivity index is 1.46. The summed E-state index contributed by atoms with van der Waals surface area (Å²) < 4.78 is 13.5. The van der Waals surface area contributed by atoms with Crippen molar-refractivity contribution in [2.75, 3.05) is 6.54 Å². The molecule has 1 amide bonds. The maximum absolute atomic E-state index is 13.5. The van der Waals surface area contributed by atoms with Gasteiger partial charge in [-0.1, -0.05) is 37.1 Å². The first-order valence-corrected chi connectivity index (χ1v) is 11.4. The number of H-pyrrole nitrogens is 1. The number of nitrogens with one attached hydrogen (secondary N) is 2. The number of halogens is 2. The predicted octanol–water partition coefficient (Wildman–Crippen LogP) is 5.58. The van der Waals surface area contributed by atoms with Gasteiger partial charge in [0.1, 0.15) is 16.8 Å². The van der Waals surface area contributed by atoms with Crippen LogP contribution in [-0.4, -0.2) is 27.4 Å². The van der Waals surface area contributed by atoms with E-state index < -0.39 is 0 Å². The van der Waals surface area contributed by atoms with E-state index in [1.807, 2.05) is 0 Å². The number of rotatable bonds is 6. The summed E-state index contributed by atoms with van der Waals surface area (Å²) in [4.78, 5) is 24.4. The fourth-order valence-electron chi connectivity index (χ4n) is 4.73. The van der Waals surface area contributed by atoms with Crippen molar-refractivity contribution in [3.63, 3.8) is 0 Å². The minimum atomic E-state index is -0.264. The Morgan fingerprint density at radius 3 is 2.88 bits per heavy atom. The van der Waals surface area contributed by atoms with Crippen LogP contribution in [0.25, 0.3) is 11.0 Å². The van der Waals surface area contributed by atoms with Gasteiger partial charge in [0.2, 0.25) is 0 Å². The fraction of sp³-hybridized carbons (Fsp3) is 0.400. The SMILES string of the molecule is CC1=C[C@@H](CNC(=O)c2ccnc(Cl)c2)[C@H](C(C)C)C[C@H]1Cc1nc2ccc(F)cc2[nH]1. The molecule has 0 aliphatic heterocycles. The van der Waals surface area contributed by atoms with Crippen molar-refractivity contribution in [1.82, 2.24) is 20.3 Å². The van der Waals surface area contributed by atoms with Crippen LogP contribution >= 0.6 is 11.6 Å². The van der Waals surface area contributed by atoms with E-state index in [0.29, 0.717) is 35.0 Å². The number of imidazole rings is 1. The minimum absolute atomic E-state index is 0.139. The van der Waals surface area contributed by atoms with E-state index in [-0.39, 0.29) is 17.6 Å². The topological polar surface area (TPSA) is 70.7 Å². The number of hydrogen-bond donors (Lipinski definition) is 2. The van der Waals surface area contributed by atoms with Crippen LogP contribution in [0.3, 0.4) is 0 Å². The molecule has 32 heavy (non-hydrogen) atoms. The predicted molar refractivity (Wildman–Crippen MR) is 125 cm³/mol. The van der Waals surface area contributed by atoms with E-state index in [0.717, 1.165) is 29.7 Å². The average molecular weight is 455 g/mol. The molecule has 1 aromatic carbocycles. The third-order valence-electron chi connectivity index (χ3n) is 6.50. The summed E-state index contributed by atoms with van der Waals surface area (Å²) in [6, 6.07) is 7.87. The Hall–Kier alpha value is -2.73. The summed E-state index contributed by atoms with van der Waals surface area (Å²) in [5, 5.41) is 3.37. The molecule has 2 heterocycles. The number of hydrogen-bond acceptors (Lipinski definition) is 3. The van der Waals surface area contributed by atoms with Gasteiger partial charge in [0, 0.05) is 24.7 Å². The Bertz CT molecular complexity index is 1160. The zero-order valence-corrected chi connectivity index (χ0v) is 19.3. The number of pyridine rings is 1. The van der Waals surface area contributed by atoms with Gasteiger partial charge < -0.3 is 10.3 Å². The number of nitrogens with zero attached hydrogens (tertiary/aromatic N) is 2. The first-order chi connectivity index (χ1) is 15.3. The van der Waals surface area contributed by atoms with Crippen LogP contribution < -0.4 is 5.32 Å². The van der Waals surface area contributed by atoms with Crippen LogP contribution in [0.4, 0.5) is 4.39 Å². The number of amides is 1. The summed E-state index contributed by atoms with van der Waals surface area (Å²) in [7, 11) is 0. The highest BCUT2D eigenvalue weighted by atomic mass is 35.5. The second-order valence-electron chi connectivity index (χ2n) is 9.04. The van der Waals surface area contributed by atoms with Crippen LogP contribution in [0.5, 0.6) is 0 Å². The summed E-state index contributed by atoms with van der Waals surface area (Å²) in [6.45, 7) is 7.20. The molecule has 4 rings (SSSR count). The van der Waals surface area contributed by atoms with E-state index in [9.17, 15) is 9.18 Å². The molecule has 0 spiro atoms. The molecule has 168 valence electrons. The molecule has 0 unspecified atom stereocenters. The monoisotopic (exact) mass is 454 g/mol. The summed E-state index contributed by atoms with van der Waals surface area (Å²) >= 11 is 5.91. The highest BCUT2D eigenvalue weighted by Gasteiger charge is 2.32. The van der Waals surface area contributed by atoms with Crippen molar-refractivity contribution in [1.29, 1.82) is 0 Å². The van der Waals surface area contributed by atoms with Gasteiger partial charge in [-0.15, -0.1) is 0 Å². The highest BCUT2D eigenvalue weighted by Crippen LogP contribution is 2.38. The van der Waals surface area contributed by atoms with Crippen LogP contribution in [-0.2, 0) is 6.42 Å². The Kier molecular flexibility index (Phi) is 6.60. The molecule has 1 aliphatic rings.